The lowest BCUT2D eigenvalue weighted by Crippen LogP contribution is -2.57. The second kappa shape index (κ2) is 16.7. The lowest BCUT2D eigenvalue weighted by atomic mass is 10.0. The second-order valence-electron chi connectivity index (χ2n) is 8.63. The molecule has 1 aromatic carbocycles. The number of nitrogens with one attached hydrogen (secondary N) is 3. The van der Waals surface area contributed by atoms with E-state index in [2.05, 4.69) is 16.0 Å². The van der Waals surface area contributed by atoms with Crippen molar-refractivity contribution in [3.63, 3.8) is 0 Å². The highest BCUT2D eigenvalue weighted by atomic mass is 16.4. The van der Waals surface area contributed by atoms with Crippen LogP contribution in [0.25, 0.3) is 0 Å². The van der Waals surface area contributed by atoms with Crippen molar-refractivity contribution in [3.8, 4) is 0 Å². The lowest BCUT2D eigenvalue weighted by molar-refractivity contribution is -0.147. The number of amides is 3. The molecule has 14 nitrogen and oxygen atoms in total. The standard InChI is InChI=1S/C24H35N5O9/c25-11-5-4-8-16(22(35)29-18(24(37)38)13-20(32)33)27-23(36)17(12-14-6-2-1-3-7-14)28-21(34)15(26)9-10-19(30)31/h1-3,6-7,15-18H,4-5,8-13,25-26H2,(H,27,36)(H,28,34)(H,29,35)(H,30,31)(H,32,33)(H,37,38). The molecule has 1 rings (SSSR count). The molecular formula is C24H35N5O9. The van der Waals surface area contributed by atoms with E-state index in [1.165, 1.54) is 0 Å². The quantitative estimate of drug-likeness (QED) is 0.101. The monoisotopic (exact) mass is 537 g/mol. The maximum absolute atomic E-state index is 13.2. The number of carboxylic acid groups (broad SMARTS) is 3. The molecule has 0 fully saturated rings. The van der Waals surface area contributed by atoms with Gasteiger partial charge in [0.05, 0.1) is 12.5 Å². The van der Waals surface area contributed by atoms with E-state index in [-0.39, 0.29) is 25.7 Å². The summed E-state index contributed by atoms with van der Waals surface area (Å²) in [6.45, 7) is 0.306. The van der Waals surface area contributed by atoms with Gasteiger partial charge in [-0.25, -0.2) is 4.79 Å². The van der Waals surface area contributed by atoms with Crippen LogP contribution in [0.2, 0.25) is 0 Å². The van der Waals surface area contributed by atoms with Crippen LogP contribution in [0.15, 0.2) is 30.3 Å². The van der Waals surface area contributed by atoms with Gasteiger partial charge in [-0.2, -0.15) is 0 Å². The van der Waals surface area contributed by atoms with Crippen molar-refractivity contribution in [3.05, 3.63) is 35.9 Å². The predicted molar refractivity (Wildman–Crippen MR) is 134 cm³/mol. The van der Waals surface area contributed by atoms with Gasteiger partial charge in [-0.15, -0.1) is 0 Å². The minimum atomic E-state index is -1.72. The first-order chi connectivity index (χ1) is 17.9. The first-order valence-corrected chi connectivity index (χ1v) is 12.0. The summed E-state index contributed by atoms with van der Waals surface area (Å²) >= 11 is 0. The fourth-order valence-corrected chi connectivity index (χ4v) is 3.43. The Labute approximate surface area is 219 Å². The van der Waals surface area contributed by atoms with Crippen molar-refractivity contribution in [1.29, 1.82) is 0 Å². The SMILES string of the molecule is NCCCCC(NC(=O)C(Cc1ccccc1)NC(=O)C(N)CCC(=O)O)C(=O)NC(CC(=O)O)C(=O)O. The van der Waals surface area contributed by atoms with E-state index in [0.29, 0.717) is 24.9 Å². The van der Waals surface area contributed by atoms with Crippen LogP contribution in [0.4, 0.5) is 0 Å². The molecule has 210 valence electrons. The summed E-state index contributed by atoms with van der Waals surface area (Å²) < 4.78 is 0. The van der Waals surface area contributed by atoms with Gasteiger partial charge in [-0.3, -0.25) is 24.0 Å². The molecule has 0 aliphatic rings. The molecule has 3 amide bonds. The van der Waals surface area contributed by atoms with Crippen LogP contribution in [-0.2, 0) is 35.2 Å². The summed E-state index contributed by atoms with van der Waals surface area (Å²) in [7, 11) is 0. The highest BCUT2D eigenvalue weighted by molar-refractivity contribution is 5.94. The minimum absolute atomic E-state index is 0.0119. The average molecular weight is 538 g/mol. The van der Waals surface area contributed by atoms with E-state index >= 15 is 0 Å². The van der Waals surface area contributed by atoms with Crippen LogP contribution in [-0.4, -0.2) is 81.7 Å². The van der Waals surface area contributed by atoms with E-state index in [1.807, 2.05) is 0 Å². The Morgan fingerprint density at radius 1 is 0.737 bits per heavy atom. The fourth-order valence-electron chi connectivity index (χ4n) is 3.43. The molecule has 38 heavy (non-hydrogen) atoms. The summed E-state index contributed by atoms with van der Waals surface area (Å²) in [6, 6.07) is 3.25. The fraction of sp³-hybridized carbons (Fsp3) is 0.500. The van der Waals surface area contributed by atoms with Crippen molar-refractivity contribution >= 4 is 35.6 Å². The van der Waals surface area contributed by atoms with Gasteiger partial charge in [0.2, 0.25) is 17.7 Å². The van der Waals surface area contributed by atoms with Crippen LogP contribution < -0.4 is 27.4 Å². The van der Waals surface area contributed by atoms with E-state index in [4.69, 9.17) is 21.7 Å². The molecule has 0 aromatic heterocycles. The van der Waals surface area contributed by atoms with Gasteiger partial charge in [-0.05, 0) is 37.8 Å². The number of hydrogen-bond acceptors (Lipinski definition) is 8. The molecule has 0 heterocycles. The summed E-state index contributed by atoms with van der Waals surface area (Å²) in [5.41, 5.74) is 11.9. The molecule has 10 N–H and O–H groups in total. The number of unbranched alkanes of at least 4 members (excludes halogenated alkanes) is 1. The Hall–Kier alpha value is -4.04. The first-order valence-electron chi connectivity index (χ1n) is 12.0. The molecule has 4 unspecified atom stereocenters. The number of aliphatic carboxylic acids is 3. The van der Waals surface area contributed by atoms with Crippen molar-refractivity contribution in [1.82, 2.24) is 16.0 Å². The van der Waals surface area contributed by atoms with Crippen molar-refractivity contribution in [2.75, 3.05) is 6.54 Å². The van der Waals surface area contributed by atoms with Gasteiger partial charge in [0.25, 0.3) is 0 Å². The third-order valence-electron chi connectivity index (χ3n) is 5.49. The largest absolute Gasteiger partial charge is 0.481 e. The number of nitrogens with two attached hydrogens (primary N) is 2. The van der Waals surface area contributed by atoms with Crippen molar-refractivity contribution in [2.24, 2.45) is 11.5 Å². The summed E-state index contributed by atoms with van der Waals surface area (Å²) in [6.07, 6.45) is -0.414. The van der Waals surface area contributed by atoms with Gasteiger partial charge in [0, 0.05) is 12.8 Å². The van der Waals surface area contributed by atoms with Crippen LogP contribution in [0.5, 0.6) is 0 Å². The van der Waals surface area contributed by atoms with Crippen molar-refractivity contribution in [2.45, 2.75) is 69.1 Å². The number of carbonyl (C=O) groups excluding carboxylic acids is 3. The average Bonchev–Trinajstić information content (AvgIpc) is 2.85. The minimum Gasteiger partial charge on any atom is -0.481 e. The molecule has 0 aliphatic heterocycles. The van der Waals surface area contributed by atoms with Crippen LogP contribution in [0.1, 0.15) is 44.1 Å². The molecule has 1 aromatic rings. The van der Waals surface area contributed by atoms with E-state index in [9.17, 15) is 33.9 Å². The zero-order chi connectivity index (χ0) is 28.7. The van der Waals surface area contributed by atoms with Gasteiger partial charge in [0.15, 0.2) is 0 Å². The number of benzene rings is 1. The number of hydrogen-bond donors (Lipinski definition) is 8. The number of rotatable bonds is 18. The van der Waals surface area contributed by atoms with E-state index in [0.717, 1.165) is 0 Å². The normalized spacial score (nSPS) is 13.8. The molecule has 0 bridgehead atoms. The molecule has 0 aliphatic carbocycles. The van der Waals surface area contributed by atoms with E-state index < -0.39 is 66.2 Å². The van der Waals surface area contributed by atoms with Crippen LogP contribution in [0.3, 0.4) is 0 Å². The Morgan fingerprint density at radius 2 is 1.32 bits per heavy atom. The lowest BCUT2D eigenvalue weighted by Gasteiger charge is -2.25. The maximum atomic E-state index is 13.2. The highest BCUT2D eigenvalue weighted by Crippen LogP contribution is 2.08. The third-order valence-corrected chi connectivity index (χ3v) is 5.49. The predicted octanol–water partition coefficient (Wildman–Crippen LogP) is -1.44. The highest BCUT2D eigenvalue weighted by Gasteiger charge is 2.31. The number of carbonyl (C=O) groups is 6. The molecule has 4 atom stereocenters. The summed E-state index contributed by atoms with van der Waals surface area (Å²) in [4.78, 5) is 71.9. The molecule has 0 radical (unpaired) electrons. The maximum Gasteiger partial charge on any atom is 0.326 e. The Morgan fingerprint density at radius 3 is 1.87 bits per heavy atom. The smallest absolute Gasteiger partial charge is 0.326 e. The third kappa shape index (κ3) is 12.3. The molecular weight excluding hydrogens is 502 g/mol. The second-order valence-corrected chi connectivity index (χ2v) is 8.63. The van der Waals surface area contributed by atoms with Gasteiger partial charge < -0.3 is 42.7 Å². The Kier molecular flexibility index (Phi) is 14.0. The van der Waals surface area contributed by atoms with Gasteiger partial charge >= 0.3 is 17.9 Å². The molecule has 0 saturated heterocycles. The van der Waals surface area contributed by atoms with E-state index in [1.54, 1.807) is 30.3 Å². The molecule has 0 spiro atoms. The number of carboxylic acids is 3. The summed E-state index contributed by atoms with van der Waals surface area (Å²) in [5.74, 6) is -6.58. The topological polar surface area (TPSA) is 251 Å². The van der Waals surface area contributed by atoms with Crippen LogP contribution in [0, 0.1) is 0 Å². The van der Waals surface area contributed by atoms with Gasteiger partial charge in [-0.1, -0.05) is 30.3 Å². The zero-order valence-corrected chi connectivity index (χ0v) is 20.8. The zero-order valence-electron chi connectivity index (χ0n) is 20.8. The molecule has 14 heteroatoms. The van der Waals surface area contributed by atoms with Crippen LogP contribution >= 0.6 is 0 Å². The Balaban J connectivity index is 3.10. The first kappa shape index (κ1) is 32.0. The Bertz CT molecular complexity index is 973. The van der Waals surface area contributed by atoms with Gasteiger partial charge in [0.1, 0.15) is 18.1 Å². The summed E-state index contributed by atoms with van der Waals surface area (Å²) in [5, 5.41) is 34.1. The van der Waals surface area contributed by atoms with Crippen molar-refractivity contribution < 1.29 is 44.1 Å². The molecule has 0 saturated carbocycles.